The van der Waals surface area contributed by atoms with E-state index in [1.54, 1.807) is 7.05 Å². The van der Waals surface area contributed by atoms with Gasteiger partial charge in [0.25, 0.3) is 0 Å². The fourth-order valence-corrected chi connectivity index (χ4v) is 0.441. The van der Waals surface area contributed by atoms with Gasteiger partial charge in [0.2, 0.25) is 0 Å². The van der Waals surface area contributed by atoms with Crippen molar-refractivity contribution in [2.75, 3.05) is 19.3 Å². The van der Waals surface area contributed by atoms with Crippen LogP contribution in [0.3, 0.4) is 0 Å². The average molecular weight is 121 g/mol. The summed E-state index contributed by atoms with van der Waals surface area (Å²) in [5, 5.41) is 9.65. The van der Waals surface area contributed by atoms with Crippen molar-refractivity contribution in [2.24, 2.45) is 0 Å². The van der Waals surface area contributed by atoms with Crippen molar-refractivity contribution in [3.8, 4) is 0 Å². The van der Waals surface area contributed by atoms with E-state index in [1.807, 2.05) is 0 Å². The second kappa shape index (κ2) is 4.43. The molecule has 0 aromatic rings. The highest BCUT2D eigenvalue weighted by Gasteiger charge is 1.86. The maximum absolute atomic E-state index is 8.48. The fourth-order valence-electron chi connectivity index (χ4n) is 0.300. The maximum atomic E-state index is 8.48. The van der Waals surface area contributed by atoms with Gasteiger partial charge in [-0.15, -0.1) is 0 Å². The molecule has 0 saturated heterocycles. The Morgan fingerprint density at radius 3 is 2.43 bits per heavy atom. The molecule has 0 spiro atoms. The van der Waals surface area contributed by atoms with Gasteiger partial charge < -0.3 is 5.21 Å². The second-order valence-corrected chi connectivity index (χ2v) is 1.91. The first-order chi connectivity index (χ1) is 3.27. The Morgan fingerprint density at radius 2 is 2.29 bits per heavy atom. The third kappa shape index (κ3) is 6.27. The van der Waals surface area contributed by atoms with E-state index in [1.165, 1.54) is 0 Å². The lowest BCUT2D eigenvalue weighted by molar-refractivity contribution is -0.0639. The van der Waals surface area contributed by atoms with Gasteiger partial charge in [0.15, 0.2) is 0 Å². The Labute approximate surface area is 49.5 Å². The first kappa shape index (κ1) is 7.27. The highest BCUT2D eigenvalue weighted by Crippen LogP contribution is 1.83. The Morgan fingerprint density at radius 1 is 1.71 bits per heavy atom. The Bertz CT molecular complexity index is 40.7. The molecule has 0 saturated carbocycles. The van der Waals surface area contributed by atoms with Crippen molar-refractivity contribution >= 4 is 12.6 Å². The zero-order chi connectivity index (χ0) is 5.70. The molecule has 44 valence electrons. The minimum Gasteiger partial charge on any atom is -0.314 e. The lowest BCUT2D eigenvalue weighted by atomic mass is 10.5. The van der Waals surface area contributed by atoms with E-state index in [9.17, 15) is 0 Å². The monoisotopic (exact) mass is 121 g/mol. The molecule has 0 rings (SSSR count). The smallest absolute Gasteiger partial charge is 0.0242 e. The second-order valence-electron chi connectivity index (χ2n) is 1.46. The normalized spacial score (nSPS) is 10.3. The van der Waals surface area contributed by atoms with Gasteiger partial charge in [0, 0.05) is 13.6 Å². The van der Waals surface area contributed by atoms with Gasteiger partial charge in [-0.3, -0.25) is 0 Å². The van der Waals surface area contributed by atoms with Crippen molar-refractivity contribution in [1.82, 2.24) is 5.06 Å². The summed E-state index contributed by atoms with van der Waals surface area (Å²) in [6.45, 7) is 0.712. The highest BCUT2D eigenvalue weighted by molar-refractivity contribution is 7.80. The summed E-state index contributed by atoms with van der Waals surface area (Å²) in [7, 11) is 1.63. The van der Waals surface area contributed by atoms with Gasteiger partial charge in [-0.05, 0) is 12.2 Å². The summed E-state index contributed by atoms with van der Waals surface area (Å²) in [5.74, 6) is 0.838. The van der Waals surface area contributed by atoms with Crippen LogP contribution < -0.4 is 0 Å². The SMILES string of the molecule is CN(O)CCCS. The van der Waals surface area contributed by atoms with E-state index < -0.39 is 0 Å². The minimum absolute atomic E-state index is 0.712. The predicted octanol–water partition coefficient (Wildman–Crippen LogP) is 0.627. The first-order valence-corrected chi connectivity index (χ1v) is 2.91. The van der Waals surface area contributed by atoms with Gasteiger partial charge >= 0.3 is 0 Å². The molecule has 0 amide bonds. The number of hydrogen-bond donors (Lipinski definition) is 2. The number of hydroxylamine groups is 2. The van der Waals surface area contributed by atoms with Crippen LogP contribution in [-0.4, -0.2) is 29.6 Å². The molecule has 7 heavy (non-hydrogen) atoms. The van der Waals surface area contributed by atoms with Crippen LogP contribution in [0.5, 0.6) is 0 Å². The molecular weight excluding hydrogens is 110 g/mol. The van der Waals surface area contributed by atoms with Gasteiger partial charge in [-0.2, -0.15) is 17.7 Å². The van der Waals surface area contributed by atoms with Crippen molar-refractivity contribution < 1.29 is 5.21 Å². The van der Waals surface area contributed by atoms with Crippen LogP contribution >= 0.6 is 12.6 Å². The fraction of sp³-hybridized carbons (Fsp3) is 1.00. The van der Waals surface area contributed by atoms with Crippen LogP contribution in [0.15, 0.2) is 0 Å². The average Bonchev–Trinajstić information content (AvgIpc) is 1.61. The van der Waals surface area contributed by atoms with E-state index in [0.29, 0.717) is 6.54 Å². The Balaban J connectivity index is 2.68. The minimum atomic E-state index is 0.712. The topological polar surface area (TPSA) is 23.5 Å². The van der Waals surface area contributed by atoms with Gasteiger partial charge in [0.05, 0.1) is 0 Å². The van der Waals surface area contributed by atoms with Gasteiger partial charge in [-0.25, -0.2) is 0 Å². The molecule has 3 heteroatoms. The highest BCUT2D eigenvalue weighted by atomic mass is 32.1. The third-order valence-corrected chi connectivity index (χ3v) is 0.956. The van der Waals surface area contributed by atoms with Gasteiger partial charge in [0.1, 0.15) is 0 Å². The molecular formula is C4H11NOS. The number of nitrogens with zero attached hydrogens (tertiary/aromatic N) is 1. The lowest BCUT2D eigenvalue weighted by Gasteiger charge is -2.03. The summed E-state index contributed by atoms with van der Waals surface area (Å²) >= 11 is 3.96. The zero-order valence-corrected chi connectivity index (χ0v) is 5.36. The maximum Gasteiger partial charge on any atom is 0.0242 e. The summed E-state index contributed by atoms with van der Waals surface area (Å²) in [5.41, 5.74) is 0. The molecule has 0 aliphatic rings. The molecule has 0 aromatic heterocycles. The number of hydrogen-bond acceptors (Lipinski definition) is 3. The Hall–Kier alpha value is 0.270. The molecule has 0 unspecified atom stereocenters. The van der Waals surface area contributed by atoms with Crippen LogP contribution in [-0.2, 0) is 0 Å². The van der Waals surface area contributed by atoms with E-state index in [0.717, 1.165) is 17.2 Å². The molecule has 2 nitrogen and oxygen atoms in total. The summed E-state index contributed by atoms with van der Waals surface area (Å²) < 4.78 is 0. The zero-order valence-electron chi connectivity index (χ0n) is 4.46. The van der Waals surface area contributed by atoms with E-state index in [4.69, 9.17) is 5.21 Å². The summed E-state index contributed by atoms with van der Waals surface area (Å²) in [4.78, 5) is 0. The molecule has 0 atom stereocenters. The molecule has 0 bridgehead atoms. The van der Waals surface area contributed by atoms with E-state index >= 15 is 0 Å². The van der Waals surface area contributed by atoms with Crippen molar-refractivity contribution in [2.45, 2.75) is 6.42 Å². The molecule has 0 aliphatic heterocycles. The Kier molecular flexibility index (Phi) is 4.60. The number of rotatable bonds is 3. The van der Waals surface area contributed by atoms with Crippen molar-refractivity contribution in [3.63, 3.8) is 0 Å². The first-order valence-electron chi connectivity index (χ1n) is 2.28. The largest absolute Gasteiger partial charge is 0.314 e. The molecule has 0 aromatic carbocycles. The molecule has 0 fully saturated rings. The predicted molar refractivity (Wildman–Crippen MR) is 32.9 cm³/mol. The molecule has 0 radical (unpaired) electrons. The van der Waals surface area contributed by atoms with Crippen LogP contribution in [0.1, 0.15) is 6.42 Å². The molecule has 0 aliphatic carbocycles. The quantitative estimate of drug-likeness (QED) is 0.422. The standard InChI is InChI=1S/C4H11NOS/c1-5(6)3-2-4-7/h6-7H,2-4H2,1H3. The summed E-state index contributed by atoms with van der Waals surface area (Å²) in [6, 6.07) is 0. The van der Waals surface area contributed by atoms with Crippen molar-refractivity contribution in [3.05, 3.63) is 0 Å². The van der Waals surface area contributed by atoms with Crippen LogP contribution in [0.25, 0.3) is 0 Å². The van der Waals surface area contributed by atoms with E-state index in [2.05, 4.69) is 12.6 Å². The van der Waals surface area contributed by atoms with Crippen LogP contribution in [0, 0.1) is 0 Å². The lowest BCUT2D eigenvalue weighted by Crippen LogP contribution is -2.13. The van der Waals surface area contributed by atoms with Crippen LogP contribution in [0.2, 0.25) is 0 Å². The van der Waals surface area contributed by atoms with Crippen molar-refractivity contribution in [1.29, 1.82) is 0 Å². The van der Waals surface area contributed by atoms with Gasteiger partial charge in [-0.1, -0.05) is 0 Å². The van der Waals surface area contributed by atoms with Crippen LogP contribution in [0.4, 0.5) is 0 Å². The summed E-state index contributed by atoms with van der Waals surface area (Å²) in [6.07, 6.45) is 0.941. The molecule has 0 heterocycles. The molecule has 1 N–H and O–H groups in total. The third-order valence-electron chi connectivity index (χ3n) is 0.640. The van der Waals surface area contributed by atoms with E-state index in [-0.39, 0.29) is 0 Å². The number of thiol groups is 1.